The van der Waals surface area contributed by atoms with Gasteiger partial charge in [0.25, 0.3) is 0 Å². The molecule has 148 valence electrons. The van der Waals surface area contributed by atoms with Crippen molar-refractivity contribution in [2.45, 2.75) is 13.8 Å². The highest BCUT2D eigenvalue weighted by Gasteiger charge is 2.15. The fourth-order valence-electron chi connectivity index (χ4n) is 2.69. The van der Waals surface area contributed by atoms with Crippen LogP contribution in [0.25, 0.3) is 16.8 Å². The number of aliphatic carboxylic acids is 1. The number of carboxylic acids is 1. The topological polar surface area (TPSA) is 95.6 Å². The Morgan fingerprint density at radius 3 is 2.61 bits per heavy atom. The highest BCUT2D eigenvalue weighted by molar-refractivity contribution is 5.77. The minimum absolute atomic E-state index is 0.231. The van der Waals surface area contributed by atoms with Crippen molar-refractivity contribution in [1.29, 1.82) is 0 Å². The van der Waals surface area contributed by atoms with Crippen LogP contribution in [0.3, 0.4) is 0 Å². The van der Waals surface area contributed by atoms with E-state index in [0.717, 1.165) is 37.6 Å². The Hall–Kier alpha value is -3.07. The number of pyridine rings is 1. The smallest absolute Gasteiger partial charge is 0.305 e. The van der Waals surface area contributed by atoms with Crippen LogP contribution in [-0.2, 0) is 4.79 Å². The summed E-state index contributed by atoms with van der Waals surface area (Å²) < 4.78 is 15.1. The molecule has 8 nitrogen and oxygen atoms in total. The lowest BCUT2D eigenvalue weighted by atomic mass is 10.1. The van der Waals surface area contributed by atoms with Crippen LogP contribution < -0.4 is 10.2 Å². The van der Waals surface area contributed by atoms with Gasteiger partial charge in [-0.05, 0) is 12.1 Å². The molecular weight excluding hydrogens is 363 g/mol. The Labute approximate surface area is 162 Å². The largest absolute Gasteiger partial charge is 0.481 e. The second-order valence-electron chi connectivity index (χ2n) is 6.73. The molecule has 28 heavy (non-hydrogen) atoms. The molecule has 0 atom stereocenters. The Morgan fingerprint density at radius 1 is 1.25 bits per heavy atom. The molecule has 0 radical (unpaired) electrons. The molecule has 0 aromatic carbocycles. The number of aromatic nitrogens is 4. The number of anilines is 1. The molecule has 1 fully saturated rings. The van der Waals surface area contributed by atoms with Crippen LogP contribution in [0.2, 0.25) is 0 Å². The predicted octanol–water partition coefficient (Wildman–Crippen LogP) is 2.07. The highest BCUT2D eigenvalue weighted by Crippen LogP contribution is 2.24. The van der Waals surface area contributed by atoms with Gasteiger partial charge in [0.05, 0.1) is 18.3 Å². The average molecular weight is 386 g/mol. The van der Waals surface area contributed by atoms with Gasteiger partial charge in [-0.2, -0.15) is 5.10 Å². The number of carboxylic acid groups (broad SMARTS) is 1. The van der Waals surface area contributed by atoms with Gasteiger partial charge in [-0.15, -0.1) is 0 Å². The van der Waals surface area contributed by atoms with Crippen LogP contribution in [0.15, 0.2) is 36.9 Å². The lowest BCUT2D eigenvalue weighted by molar-refractivity contribution is -0.140. The van der Waals surface area contributed by atoms with Crippen LogP contribution in [-0.4, -0.2) is 56.8 Å². The summed E-state index contributed by atoms with van der Waals surface area (Å²) >= 11 is 0. The lowest BCUT2D eigenvalue weighted by Gasteiger charge is -2.28. The molecule has 0 saturated carbocycles. The zero-order valence-corrected chi connectivity index (χ0v) is 15.8. The third kappa shape index (κ3) is 4.61. The fraction of sp³-hybridized carbons (Fsp3) is 0.368. The lowest BCUT2D eigenvalue weighted by Crippen LogP contribution is -2.43. The van der Waals surface area contributed by atoms with Crippen molar-refractivity contribution in [2.75, 3.05) is 31.1 Å². The Morgan fingerprint density at radius 2 is 1.96 bits per heavy atom. The molecule has 3 aromatic heterocycles. The molecule has 0 amide bonds. The summed E-state index contributed by atoms with van der Waals surface area (Å²) in [6.07, 6.45) is 6.39. The van der Waals surface area contributed by atoms with Gasteiger partial charge < -0.3 is 15.3 Å². The maximum absolute atomic E-state index is 13.4. The van der Waals surface area contributed by atoms with Crippen molar-refractivity contribution in [2.24, 2.45) is 5.92 Å². The molecule has 0 unspecified atom stereocenters. The van der Waals surface area contributed by atoms with Crippen LogP contribution >= 0.6 is 0 Å². The summed E-state index contributed by atoms with van der Waals surface area (Å²) in [5.41, 5.74) is 2.17. The molecule has 0 bridgehead atoms. The molecule has 4 heterocycles. The molecule has 1 aliphatic rings. The molecule has 1 saturated heterocycles. The van der Waals surface area contributed by atoms with Gasteiger partial charge in [-0.3, -0.25) is 9.78 Å². The Bertz CT molecular complexity index is 953. The maximum atomic E-state index is 13.4. The molecule has 3 aromatic rings. The minimum atomic E-state index is -0.741. The number of hydrogen-bond donors (Lipinski definition) is 2. The molecule has 4 rings (SSSR count). The Kier molecular flexibility index (Phi) is 6.15. The van der Waals surface area contributed by atoms with E-state index in [1.807, 2.05) is 12.3 Å². The minimum Gasteiger partial charge on any atom is -0.481 e. The van der Waals surface area contributed by atoms with E-state index >= 15 is 0 Å². The fourth-order valence-corrected chi connectivity index (χ4v) is 2.69. The van der Waals surface area contributed by atoms with Gasteiger partial charge in [0.2, 0.25) is 0 Å². The quantitative estimate of drug-likeness (QED) is 0.711. The van der Waals surface area contributed by atoms with Crippen molar-refractivity contribution in [3.8, 4) is 11.1 Å². The van der Waals surface area contributed by atoms with Crippen LogP contribution in [0, 0.1) is 11.7 Å². The van der Waals surface area contributed by atoms with Gasteiger partial charge in [0, 0.05) is 49.7 Å². The number of carbonyl (C=O) groups is 1. The number of rotatable bonds is 3. The summed E-state index contributed by atoms with van der Waals surface area (Å²) in [5.74, 6) is -0.421. The van der Waals surface area contributed by atoms with Crippen LogP contribution in [0.1, 0.15) is 13.8 Å². The third-order valence-electron chi connectivity index (χ3n) is 4.31. The highest BCUT2D eigenvalue weighted by atomic mass is 19.1. The summed E-state index contributed by atoms with van der Waals surface area (Å²) in [6.45, 7) is 7.03. The number of nitrogens with zero attached hydrogens (tertiary/aromatic N) is 5. The first kappa shape index (κ1) is 19.7. The van der Waals surface area contributed by atoms with E-state index in [1.165, 1.54) is 12.3 Å². The summed E-state index contributed by atoms with van der Waals surface area (Å²) in [4.78, 5) is 20.5. The number of fused-ring (bicyclic) bond motifs is 1. The van der Waals surface area contributed by atoms with Gasteiger partial charge >= 0.3 is 5.97 Å². The zero-order chi connectivity index (χ0) is 20.1. The monoisotopic (exact) mass is 386 g/mol. The van der Waals surface area contributed by atoms with Crippen molar-refractivity contribution < 1.29 is 14.3 Å². The SMILES string of the molecule is CC(C)C(=O)O.Fc1cncc(-c2cnn3ccc(N4CCNCC4)nc23)c1. The van der Waals surface area contributed by atoms with E-state index in [-0.39, 0.29) is 11.7 Å². The second kappa shape index (κ2) is 8.75. The van der Waals surface area contributed by atoms with Gasteiger partial charge in [-0.1, -0.05) is 13.8 Å². The first-order valence-corrected chi connectivity index (χ1v) is 9.09. The van der Waals surface area contributed by atoms with Gasteiger partial charge in [-0.25, -0.2) is 13.9 Å². The number of halogens is 1. The Balaban J connectivity index is 0.000000330. The van der Waals surface area contributed by atoms with E-state index in [0.29, 0.717) is 11.2 Å². The number of piperazine rings is 1. The molecule has 9 heteroatoms. The van der Waals surface area contributed by atoms with E-state index in [4.69, 9.17) is 10.1 Å². The van der Waals surface area contributed by atoms with Crippen LogP contribution in [0.4, 0.5) is 10.2 Å². The molecular formula is C19H23FN6O2. The van der Waals surface area contributed by atoms with Crippen molar-refractivity contribution in [3.05, 3.63) is 42.7 Å². The van der Waals surface area contributed by atoms with Gasteiger partial charge in [0.15, 0.2) is 5.65 Å². The van der Waals surface area contributed by atoms with Crippen molar-refractivity contribution in [3.63, 3.8) is 0 Å². The second-order valence-corrected chi connectivity index (χ2v) is 6.73. The summed E-state index contributed by atoms with van der Waals surface area (Å²) in [6, 6.07) is 3.40. The predicted molar refractivity (Wildman–Crippen MR) is 104 cm³/mol. The summed E-state index contributed by atoms with van der Waals surface area (Å²) in [7, 11) is 0. The maximum Gasteiger partial charge on any atom is 0.305 e. The number of hydrogen-bond acceptors (Lipinski definition) is 6. The van der Waals surface area contributed by atoms with E-state index < -0.39 is 5.97 Å². The average Bonchev–Trinajstić information content (AvgIpc) is 3.12. The van der Waals surface area contributed by atoms with Crippen molar-refractivity contribution in [1.82, 2.24) is 24.9 Å². The van der Waals surface area contributed by atoms with Crippen LogP contribution in [0.5, 0.6) is 0 Å². The molecule has 0 aliphatic carbocycles. The summed E-state index contributed by atoms with van der Waals surface area (Å²) in [5, 5.41) is 15.6. The molecule has 1 aliphatic heterocycles. The third-order valence-corrected chi connectivity index (χ3v) is 4.31. The normalized spacial score (nSPS) is 14.1. The number of nitrogens with one attached hydrogen (secondary N) is 1. The van der Waals surface area contributed by atoms with E-state index in [2.05, 4.69) is 20.3 Å². The molecule has 0 spiro atoms. The standard InChI is InChI=1S/C15H15FN6.C4H8O2/c16-12-7-11(8-18-9-12)13-10-19-22-4-1-14(20-15(13)22)21-5-2-17-3-6-21;1-3(2)4(5)6/h1,4,7-10,17H,2-3,5-6H2;3H,1-2H3,(H,5,6). The van der Waals surface area contributed by atoms with E-state index in [1.54, 1.807) is 30.8 Å². The van der Waals surface area contributed by atoms with Gasteiger partial charge in [0.1, 0.15) is 11.6 Å². The first-order chi connectivity index (χ1) is 13.5. The molecule has 2 N–H and O–H groups in total. The zero-order valence-electron chi connectivity index (χ0n) is 15.8. The first-order valence-electron chi connectivity index (χ1n) is 9.09. The van der Waals surface area contributed by atoms with E-state index in [9.17, 15) is 9.18 Å². The van der Waals surface area contributed by atoms with Crippen molar-refractivity contribution >= 4 is 17.4 Å².